The van der Waals surface area contributed by atoms with Crippen LogP contribution in [-0.2, 0) is 4.74 Å². The molecule has 1 atom stereocenters. The molecule has 3 rings (SSSR count). The Labute approximate surface area is 204 Å². The molecule has 0 radical (unpaired) electrons. The van der Waals surface area contributed by atoms with Crippen molar-refractivity contribution in [2.45, 2.75) is 32.2 Å². The highest BCUT2D eigenvalue weighted by Gasteiger charge is 2.23. The Morgan fingerprint density at radius 2 is 1.81 bits per heavy atom. The number of benzene rings is 1. The van der Waals surface area contributed by atoms with Crippen molar-refractivity contribution in [2.75, 3.05) is 66.1 Å². The third-order valence-corrected chi connectivity index (χ3v) is 6.43. The maximum atomic E-state index is 13.4. The van der Waals surface area contributed by atoms with Gasteiger partial charge in [0.1, 0.15) is 5.82 Å². The summed E-state index contributed by atoms with van der Waals surface area (Å²) in [4.78, 5) is 9.34. The average molecular weight is 548 g/mol. The molecular formula is C23H39FIN5O. The molecule has 0 saturated carbocycles. The molecule has 1 aromatic carbocycles. The van der Waals surface area contributed by atoms with Gasteiger partial charge in [-0.1, -0.05) is 19.1 Å². The minimum Gasteiger partial charge on any atom is -0.379 e. The number of nitrogens with zero attached hydrogens (tertiary/aromatic N) is 3. The number of aliphatic imine (C=N–C) groups is 1. The molecule has 0 amide bonds. The minimum atomic E-state index is -0.199. The molecular weight excluding hydrogens is 508 g/mol. The van der Waals surface area contributed by atoms with E-state index in [0.29, 0.717) is 0 Å². The number of ether oxygens (including phenoxy) is 1. The van der Waals surface area contributed by atoms with Crippen LogP contribution in [0.4, 0.5) is 4.39 Å². The first kappa shape index (κ1) is 26.3. The molecule has 8 heteroatoms. The molecule has 1 unspecified atom stereocenters. The van der Waals surface area contributed by atoms with E-state index in [0.717, 1.165) is 56.8 Å². The Morgan fingerprint density at radius 1 is 1.13 bits per heavy atom. The van der Waals surface area contributed by atoms with E-state index in [1.54, 1.807) is 12.1 Å². The Balaban J connectivity index is 0.00000341. The van der Waals surface area contributed by atoms with Crippen molar-refractivity contribution >= 4 is 29.9 Å². The molecule has 31 heavy (non-hydrogen) atoms. The molecule has 1 aromatic rings. The molecule has 0 aromatic heterocycles. The number of hydrogen-bond acceptors (Lipinski definition) is 4. The van der Waals surface area contributed by atoms with Crippen LogP contribution in [0.15, 0.2) is 29.3 Å². The monoisotopic (exact) mass is 547 g/mol. The highest BCUT2D eigenvalue weighted by molar-refractivity contribution is 14.0. The van der Waals surface area contributed by atoms with Gasteiger partial charge in [0.25, 0.3) is 0 Å². The van der Waals surface area contributed by atoms with Crippen LogP contribution in [0.5, 0.6) is 0 Å². The van der Waals surface area contributed by atoms with Crippen molar-refractivity contribution in [3.63, 3.8) is 0 Å². The lowest BCUT2D eigenvalue weighted by molar-refractivity contribution is 0.0170. The summed E-state index contributed by atoms with van der Waals surface area (Å²) in [6.07, 6.45) is 3.78. The zero-order valence-electron chi connectivity index (χ0n) is 19.0. The van der Waals surface area contributed by atoms with E-state index >= 15 is 0 Å². The Hall–Kier alpha value is -0.970. The summed E-state index contributed by atoms with van der Waals surface area (Å²) in [7, 11) is 1.82. The number of halogens is 2. The molecule has 0 spiro atoms. The molecule has 2 heterocycles. The fraction of sp³-hybridized carbons (Fsp3) is 0.696. The van der Waals surface area contributed by atoms with E-state index in [-0.39, 0.29) is 35.8 Å². The smallest absolute Gasteiger partial charge is 0.191 e. The van der Waals surface area contributed by atoms with Crippen molar-refractivity contribution in [1.29, 1.82) is 0 Å². The topological polar surface area (TPSA) is 52.1 Å². The van der Waals surface area contributed by atoms with Crippen molar-refractivity contribution in [3.05, 3.63) is 35.6 Å². The van der Waals surface area contributed by atoms with E-state index in [1.165, 1.54) is 38.9 Å². The second kappa shape index (κ2) is 14.2. The highest BCUT2D eigenvalue weighted by atomic mass is 127. The lowest BCUT2D eigenvalue weighted by Crippen LogP contribution is -2.46. The number of hydrogen-bond donors (Lipinski definition) is 2. The molecule has 176 valence electrons. The summed E-state index contributed by atoms with van der Waals surface area (Å²) < 4.78 is 18.9. The zero-order chi connectivity index (χ0) is 21.2. The molecule has 0 aliphatic carbocycles. The quantitative estimate of drug-likeness (QED) is 0.298. The Kier molecular flexibility index (Phi) is 12.1. The van der Waals surface area contributed by atoms with Crippen LogP contribution in [-0.4, -0.2) is 81.8 Å². The molecule has 2 aliphatic heterocycles. The van der Waals surface area contributed by atoms with Gasteiger partial charge in [-0.05, 0) is 62.5 Å². The van der Waals surface area contributed by atoms with Crippen LogP contribution in [0.3, 0.4) is 0 Å². The van der Waals surface area contributed by atoms with Crippen LogP contribution < -0.4 is 10.6 Å². The standard InChI is InChI=1S/C23H38FN5O.HI/c1-3-28-12-9-19(10-13-28)8-11-26-23(25-2)27-18-22(29-14-16-30-17-15-29)20-4-6-21(24)7-5-20;/h4-7,19,22H,3,8-18H2,1-2H3,(H2,25,26,27);1H. The van der Waals surface area contributed by atoms with Gasteiger partial charge in [-0.25, -0.2) is 4.39 Å². The molecule has 2 fully saturated rings. The minimum absolute atomic E-state index is 0. The summed E-state index contributed by atoms with van der Waals surface area (Å²) in [5.74, 6) is 1.44. The van der Waals surface area contributed by atoms with Crippen molar-refractivity contribution in [2.24, 2.45) is 10.9 Å². The molecule has 2 N–H and O–H groups in total. The van der Waals surface area contributed by atoms with E-state index in [4.69, 9.17) is 4.74 Å². The summed E-state index contributed by atoms with van der Waals surface area (Å²) in [6, 6.07) is 7.01. The summed E-state index contributed by atoms with van der Waals surface area (Å²) in [5.41, 5.74) is 1.11. The largest absolute Gasteiger partial charge is 0.379 e. The van der Waals surface area contributed by atoms with Gasteiger partial charge in [0.15, 0.2) is 5.96 Å². The maximum Gasteiger partial charge on any atom is 0.191 e. The first-order valence-electron chi connectivity index (χ1n) is 11.4. The number of morpholine rings is 1. The van der Waals surface area contributed by atoms with Gasteiger partial charge in [0.05, 0.1) is 19.3 Å². The van der Waals surface area contributed by atoms with Gasteiger partial charge in [-0.2, -0.15) is 0 Å². The third kappa shape index (κ3) is 8.47. The van der Waals surface area contributed by atoms with Gasteiger partial charge >= 0.3 is 0 Å². The number of piperidine rings is 1. The summed E-state index contributed by atoms with van der Waals surface area (Å²) in [5, 5.41) is 6.97. The summed E-state index contributed by atoms with van der Waals surface area (Å²) >= 11 is 0. The van der Waals surface area contributed by atoms with Gasteiger partial charge in [-0.15, -0.1) is 24.0 Å². The first-order chi connectivity index (χ1) is 14.7. The van der Waals surface area contributed by atoms with Crippen molar-refractivity contribution in [1.82, 2.24) is 20.4 Å². The van der Waals surface area contributed by atoms with E-state index in [2.05, 4.69) is 32.3 Å². The molecule has 0 bridgehead atoms. The van der Waals surface area contributed by atoms with Gasteiger partial charge in [-0.3, -0.25) is 9.89 Å². The fourth-order valence-corrected chi connectivity index (χ4v) is 4.43. The first-order valence-corrected chi connectivity index (χ1v) is 11.4. The SMILES string of the molecule is CCN1CCC(CCNC(=NC)NCC(c2ccc(F)cc2)N2CCOCC2)CC1.I. The molecule has 2 saturated heterocycles. The lowest BCUT2D eigenvalue weighted by Gasteiger charge is -2.35. The van der Waals surface area contributed by atoms with Gasteiger partial charge in [0.2, 0.25) is 0 Å². The number of guanidine groups is 1. The molecule has 2 aliphatic rings. The fourth-order valence-electron chi connectivity index (χ4n) is 4.43. The predicted molar refractivity (Wildman–Crippen MR) is 136 cm³/mol. The Morgan fingerprint density at radius 3 is 2.42 bits per heavy atom. The van der Waals surface area contributed by atoms with E-state index < -0.39 is 0 Å². The average Bonchev–Trinajstić information content (AvgIpc) is 2.80. The maximum absolute atomic E-state index is 13.4. The van der Waals surface area contributed by atoms with Gasteiger partial charge < -0.3 is 20.3 Å². The van der Waals surface area contributed by atoms with Crippen LogP contribution in [0, 0.1) is 11.7 Å². The van der Waals surface area contributed by atoms with Crippen LogP contribution in [0.1, 0.15) is 37.8 Å². The second-order valence-corrected chi connectivity index (χ2v) is 8.26. The third-order valence-electron chi connectivity index (χ3n) is 6.43. The van der Waals surface area contributed by atoms with E-state index in [1.807, 2.05) is 19.2 Å². The second-order valence-electron chi connectivity index (χ2n) is 8.26. The van der Waals surface area contributed by atoms with E-state index in [9.17, 15) is 4.39 Å². The highest BCUT2D eigenvalue weighted by Crippen LogP contribution is 2.22. The van der Waals surface area contributed by atoms with Crippen molar-refractivity contribution in [3.8, 4) is 0 Å². The number of nitrogens with one attached hydrogen (secondary N) is 2. The van der Waals surface area contributed by atoms with Gasteiger partial charge in [0, 0.05) is 33.2 Å². The zero-order valence-corrected chi connectivity index (χ0v) is 21.3. The molecule has 6 nitrogen and oxygen atoms in total. The summed E-state index contributed by atoms with van der Waals surface area (Å²) in [6.45, 7) is 10.8. The Bertz CT molecular complexity index is 646. The predicted octanol–water partition coefficient (Wildman–Crippen LogP) is 3.10. The normalized spacial score (nSPS) is 20.2. The van der Waals surface area contributed by atoms with Crippen LogP contribution in [0.2, 0.25) is 0 Å². The van der Waals surface area contributed by atoms with Crippen LogP contribution in [0.25, 0.3) is 0 Å². The number of rotatable bonds is 8. The lowest BCUT2D eigenvalue weighted by atomic mass is 9.93. The van der Waals surface area contributed by atoms with Crippen molar-refractivity contribution < 1.29 is 9.13 Å². The number of likely N-dealkylation sites (tertiary alicyclic amines) is 1. The van der Waals surface area contributed by atoms with Crippen LogP contribution >= 0.6 is 24.0 Å².